The SMILES string of the molecule is CCC(C)(O)C(=O)c1c(Br)cnn1CCN(C)C. The lowest BCUT2D eigenvalue weighted by atomic mass is 9.95. The Bertz CT molecular complexity index is 427. The average Bonchev–Trinajstić information content (AvgIpc) is 2.66. The minimum atomic E-state index is -1.35. The third-order valence-corrected chi connectivity index (χ3v) is 3.53. The van der Waals surface area contributed by atoms with Gasteiger partial charge in [-0.15, -0.1) is 0 Å². The summed E-state index contributed by atoms with van der Waals surface area (Å²) >= 11 is 3.32. The van der Waals surface area contributed by atoms with Crippen LogP contribution in [0.25, 0.3) is 0 Å². The van der Waals surface area contributed by atoms with Crippen molar-refractivity contribution in [3.63, 3.8) is 0 Å². The number of hydrogen-bond donors (Lipinski definition) is 1. The summed E-state index contributed by atoms with van der Waals surface area (Å²) in [5.41, 5.74) is -0.915. The van der Waals surface area contributed by atoms with Gasteiger partial charge in [-0.1, -0.05) is 6.92 Å². The Morgan fingerprint density at radius 3 is 2.72 bits per heavy atom. The highest BCUT2D eigenvalue weighted by atomic mass is 79.9. The van der Waals surface area contributed by atoms with Gasteiger partial charge < -0.3 is 10.0 Å². The Morgan fingerprint density at radius 2 is 2.22 bits per heavy atom. The molecule has 6 heteroatoms. The lowest BCUT2D eigenvalue weighted by Crippen LogP contribution is -2.36. The molecule has 0 aliphatic heterocycles. The summed E-state index contributed by atoms with van der Waals surface area (Å²) < 4.78 is 2.26. The van der Waals surface area contributed by atoms with Crippen LogP contribution in [0.1, 0.15) is 30.8 Å². The Labute approximate surface area is 116 Å². The number of carbonyl (C=O) groups is 1. The predicted octanol–water partition coefficient (Wildman–Crippen LogP) is 1.55. The summed E-state index contributed by atoms with van der Waals surface area (Å²) in [5, 5.41) is 14.2. The average molecular weight is 318 g/mol. The van der Waals surface area contributed by atoms with E-state index in [9.17, 15) is 9.90 Å². The molecule has 0 radical (unpaired) electrons. The topological polar surface area (TPSA) is 58.4 Å². The van der Waals surface area contributed by atoms with Crippen LogP contribution in [0.4, 0.5) is 0 Å². The summed E-state index contributed by atoms with van der Waals surface area (Å²) in [7, 11) is 3.92. The maximum atomic E-state index is 12.3. The zero-order valence-corrected chi connectivity index (χ0v) is 12.9. The molecule has 0 spiro atoms. The normalized spacial score (nSPS) is 14.8. The molecule has 0 bridgehead atoms. The fraction of sp³-hybridized carbons (Fsp3) is 0.667. The van der Waals surface area contributed by atoms with Gasteiger partial charge in [0.2, 0.25) is 5.78 Å². The number of carbonyl (C=O) groups excluding carboxylic acids is 1. The minimum Gasteiger partial charge on any atom is -0.382 e. The maximum Gasteiger partial charge on any atom is 0.213 e. The first-order valence-corrected chi connectivity index (χ1v) is 6.72. The summed E-state index contributed by atoms with van der Waals surface area (Å²) in [4.78, 5) is 14.3. The van der Waals surface area contributed by atoms with Crippen LogP contribution in [0, 0.1) is 0 Å². The van der Waals surface area contributed by atoms with Crippen molar-refractivity contribution in [3.8, 4) is 0 Å². The Balaban J connectivity index is 3.01. The lowest BCUT2D eigenvalue weighted by Gasteiger charge is -2.20. The number of aromatic nitrogens is 2. The van der Waals surface area contributed by atoms with Crippen molar-refractivity contribution in [2.45, 2.75) is 32.4 Å². The first-order chi connectivity index (χ1) is 8.29. The van der Waals surface area contributed by atoms with Gasteiger partial charge >= 0.3 is 0 Å². The summed E-state index contributed by atoms with van der Waals surface area (Å²) in [5.74, 6) is -0.298. The van der Waals surface area contributed by atoms with E-state index in [4.69, 9.17) is 0 Å². The standard InChI is InChI=1S/C12H20BrN3O2/c1-5-12(2,18)11(17)10-9(13)8-14-16(10)7-6-15(3)4/h8,18H,5-7H2,1-4H3. The van der Waals surface area contributed by atoms with E-state index < -0.39 is 5.60 Å². The molecule has 0 aliphatic carbocycles. The molecule has 1 heterocycles. The zero-order chi connectivity index (χ0) is 13.9. The largest absolute Gasteiger partial charge is 0.382 e. The van der Waals surface area contributed by atoms with Crippen LogP contribution in [0.2, 0.25) is 0 Å². The third kappa shape index (κ3) is 3.40. The highest BCUT2D eigenvalue weighted by molar-refractivity contribution is 9.10. The quantitative estimate of drug-likeness (QED) is 0.809. The van der Waals surface area contributed by atoms with Crippen molar-refractivity contribution in [1.29, 1.82) is 0 Å². The van der Waals surface area contributed by atoms with Gasteiger partial charge in [-0.25, -0.2) is 0 Å². The first kappa shape index (κ1) is 15.3. The van der Waals surface area contributed by atoms with Crippen LogP contribution >= 0.6 is 15.9 Å². The van der Waals surface area contributed by atoms with E-state index in [1.165, 1.54) is 6.92 Å². The van der Waals surface area contributed by atoms with Crippen molar-refractivity contribution >= 4 is 21.7 Å². The number of Topliss-reactive ketones (excluding diaryl/α,β-unsaturated/α-hetero) is 1. The van der Waals surface area contributed by atoms with Crippen molar-refractivity contribution in [2.24, 2.45) is 0 Å². The highest BCUT2D eigenvalue weighted by Crippen LogP contribution is 2.23. The molecule has 0 amide bonds. The van der Waals surface area contributed by atoms with Gasteiger partial charge in [0.25, 0.3) is 0 Å². The second-order valence-electron chi connectivity index (χ2n) is 4.82. The van der Waals surface area contributed by atoms with Crippen molar-refractivity contribution in [2.75, 3.05) is 20.6 Å². The van der Waals surface area contributed by atoms with E-state index in [1.54, 1.807) is 17.8 Å². The fourth-order valence-electron chi connectivity index (χ4n) is 1.47. The maximum absolute atomic E-state index is 12.3. The van der Waals surface area contributed by atoms with E-state index in [0.29, 0.717) is 23.1 Å². The molecule has 0 aliphatic rings. The smallest absolute Gasteiger partial charge is 0.213 e. The molecule has 0 fully saturated rings. The van der Waals surface area contributed by atoms with Gasteiger partial charge in [-0.05, 0) is 43.4 Å². The molecule has 18 heavy (non-hydrogen) atoms. The minimum absolute atomic E-state index is 0.298. The van der Waals surface area contributed by atoms with Crippen LogP contribution in [-0.4, -0.2) is 51.8 Å². The molecular formula is C12H20BrN3O2. The molecule has 1 unspecified atom stereocenters. The predicted molar refractivity (Wildman–Crippen MR) is 73.7 cm³/mol. The highest BCUT2D eigenvalue weighted by Gasteiger charge is 2.33. The van der Waals surface area contributed by atoms with Crippen LogP contribution in [0.15, 0.2) is 10.7 Å². The van der Waals surface area contributed by atoms with Crippen LogP contribution in [0.5, 0.6) is 0 Å². The van der Waals surface area contributed by atoms with Crippen molar-refractivity contribution < 1.29 is 9.90 Å². The number of ketones is 1. The molecule has 0 saturated carbocycles. The number of hydrogen-bond acceptors (Lipinski definition) is 4. The summed E-state index contributed by atoms with van der Waals surface area (Å²) in [6, 6.07) is 0. The number of rotatable bonds is 6. The zero-order valence-electron chi connectivity index (χ0n) is 11.3. The van der Waals surface area contributed by atoms with Crippen molar-refractivity contribution in [1.82, 2.24) is 14.7 Å². The first-order valence-electron chi connectivity index (χ1n) is 5.92. The number of nitrogens with zero attached hydrogens (tertiary/aromatic N) is 3. The number of aliphatic hydroxyl groups is 1. The number of likely N-dealkylation sites (N-methyl/N-ethyl adjacent to an activating group) is 1. The molecular weight excluding hydrogens is 298 g/mol. The molecule has 0 saturated heterocycles. The molecule has 1 atom stereocenters. The van der Waals surface area contributed by atoms with Crippen molar-refractivity contribution in [3.05, 3.63) is 16.4 Å². The Morgan fingerprint density at radius 1 is 1.61 bits per heavy atom. The fourth-order valence-corrected chi connectivity index (χ4v) is 1.94. The second kappa shape index (κ2) is 5.95. The Hall–Kier alpha value is -0.720. The van der Waals surface area contributed by atoms with Gasteiger partial charge in [0, 0.05) is 6.54 Å². The van der Waals surface area contributed by atoms with Crippen LogP contribution in [0.3, 0.4) is 0 Å². The van der Waals surface area contributed by atoms with Gasteiger partial charge in [0.05, 0.1) is 17.2 Å². The summed E-state index contributed by atoms with van der Waals surface area (Å²) in [6.45, 7) is 4.71. The van der Waals surface area contributed by atoms with Gasteiger partial charge in [0.15, 0.2) is 0 Å². The van der Waals surface area contributed by atoms with Gasteiger partial charge in [0.1, 0.15) is 11.3 Å². The van der Waals surface area contributed by atoms with Gasteiger partial charge in [-0.3, -0.25) is 9.48 Å². The van der Waals surface area contributed by atoms with E-state index in [2.05, 4.69) is 21.0 Å². The monoisotopic (exact) mass is 317 g/mol. The lowest BCUT2D eigenvalue weighted by molar-refractivity contribution is 0.0378. The molecule has 1 rings (SSSR count). The van der Waals surface area contributed by atoms with E-state index >= 15 is 0 Å². The third-order valence-electron chi connectivity index (χ3n) is 2.95. The second-order valence-corrected chi connectivity index (χ2v) is 5.68. The van der Waals surface area contributed by atoms with Crippen LogP contribution < -0.4 is 0 Å². The molecule has 0 aromatic carbocycles. The van der Waals surface area contributed by atoms with E-state index in [0.717, 1.165) is 6.54 Å². The van der Waals surface area contributed by atoms with E-state index in [1.807, 2.05) is 19.0 Å². The molecule has 1 N–H and O–H groups in total. The molecule has 1 aromatic heterocycles. The molecule has 1 aromatic rings. The molecule has 102 valence electrons. The van der Waals surface area contributed by atoms with Crippen LogP contribution in [-0.2, 0) is 6.54 Å². The van der Waals surface area contributed by atoms with E-state index in [-0.39, 0.29) is 5.78 Å². The number of halogens is 1. The van der Waals surface area contributed by atoms with Gasteiger partial charge in [-0.2, -0.15) is 5.10 Å². The summed E-state index contributed by atoms with van der Waals surface area (Å²) in [6.07, 6.45) is 1.96. The Kier molecular flexibility index (Phi) is 5.07. The molecule has 5 nitrogen and oxygen atoms in total.